The summed E-state index contributed by atoms with van der Waals surface area (Å²) in [4.78, 5) is 6.22. The lowest BCUT2D eigenvalue weighted by Gasteiger charge is -2.41. The number of piperidine rings is 1. The zero-order valence-electron chi connectivity index (χ0n) is 17.5. The predicted molar refractivity (Wildman–Crippen MR) is 115 cm³/mol. The lowest BCUT2D eigenvalue weighted by molar-refractivity contribution is -0.0238. The van der Waals surface area contributed by atoms with Gasteiger partial charge in [-0.2, -0.15) is 5.10 Å². The molecule has 1 saturated heterocycles. The van der Waals surface area contributed by atoms with Crippen LogP contribution in [0.15, 0.2) is 61.2 Å². The molecule has 2 aromatic carbocycles. The van der Waals surface area contributed by atoms with Crippen LogP contribution < -0.4 is 10.2 Å². The van der Waals surface area contributed by atoms with Gasteiger partial charge in [0.2, 0.25) is 0 Å². The van der Waals surface area contributed by atoms with E-state index in [1.54, 1.807) is 0 Å². The van der Waals surface area contributed by atoms with Gasteiger partial charge < -0.3 is 15.3 Å². The molecule has 3 atom stereocenters. The minimum absolute atomic E-state index is 0.0150. The van der Waals surface area contributed by atoms with E-state index >= 15 is 0 Å². The fourth-order valence-electron chi connectivity index (χ4n) is 4.34. The second-order valence-electron chi connectivity index (χ2n) is 8.15. The van der Waals surface area contributed by atoms with Crippen molar-refractivity contribution < 1.29 is 13.9 Å². The molecule has 0 amide bonds. The van der Waals surface area contributed by atoms with E-state index in [1.807, 2.05) is 25.1 Å². The van der Waals surface area contributed by atoms with Crippen LogP contribution in [0.1, 0.15) is 25.3 Å². The van der Waals surface area contributed by atoms with E-state index in [4.69, 9.17) is 0 Å². The quantitative estimate of drug-likeness (QED) is 0.607. The van der Waals surface area contributed by atoms with Crippen molar-refractivity contribution in [3.05, 3.63) is 78.4 Å². The summed E-state index contributed by atoms with van der Waals surface area (Å²) >= 11 is 0. The van der Waals surface area contributed by atoms with Crippen molar-refractivity contribution in [3.8, 4) is 0 Å². The Morgan fingerprint density at radius 2 is 2.03 bits per heavy atom. The molecular formula is C23H27F2N5O. The average Bonchev–Trinajstić information content (AvgIpc) is 3.27. The zero-order valence-corrected chi connectivity index (χ0v) is 17.5. The van der Waals surface area contributed by atoms with Gasteiger partial charge in [-0.15, -0.1) is 0 Å². The van der Waals surface area contributed by atoms with Crippen LogP contribution in [0.5, 0.6) is 0 Å². The standard InChI is InChI=1S/C23H27F2N5O/c1-17(28-19-6-5-11-29(13-19)20-7-3-2-4-8-20)23(31,14-30-16-26-15-27-30)21-10-9-18(24)12-22(21)25/h2-4,7-10,12,15-17,19,28,31H,5-6,11,13-14H2,1H3/t17-,19?,23-/m1/s1. The van der Waals surface area contributed by atoms with E-state index in [1.165, 1.54) is 23.4 Å². The highest BCUT2D eigenvalue weighted by Crippen LogP contribution is 2.31. The summed E-state index contributed by atoms with van der Waals surface area (Å²) in [5, 5.41) is 19.2. The van der Waals surface area contributed by atoms with Crippen molar-refractivity contribution in [1.29, 1.82) is 0 Å². The minimum Gasteiger partial charge on any atom is -0.381 e. The van der Waals surface area contributed by atoms with E-state index in [9.17, 15) is 13.9 Å². The Hall–Kier alpha value is -2.84. The highest BCUT2D eigenvalue weighted by Gasteiger charge is 2.40. The van der Waals surface area contributed by atoms with Gasteiger partial charge in [0.05, 0.1) is 6.54 Å². The van der Waals surface area contributed by atoms with Crippen LogP contribution in [0.2, 0.25) is 0 Å². The first-order chi connectivity index (χ1) is 15.0. The molecule has 1 aliphatic rings. The molecule has 31 heavy (non-hydrogen) atoms. The maximum absolute atomic E-state index is 14.7. The fourth-order valence-corrected chi connectivity index (χ4v) is 4.34. The molecule has 2 heterocycles. The molecule has 0 bridgehead atoms. The SMILES string of the molecule is C[C@@H](NC1CCCN(c2ccccc2)C1)[C@](O)(Cn1cncn1)c1ccc(F)cc1F. The first-order valence-corrected chi connectivity index (χ1v) is 10.5. The molecule has 164 valence electrons. The number of halogens is 2. The van der Waals surface area contributed by atoms with Crippen LogP contribution >= 0.6 is 0 Å². The van der Waals surface area contributed by atoms with Gasteiger partial charge in [-0.3, -0.25) is 0 Å². The number of anilines is 1. The zero-order chi connectivity index (χ0) is 21.8. The largest absolute Gasteiger partial charge is 0.381 e. The number of nitrogens with one attached hydrogen (secondary N) is 1. The van der Waals surface area contributed by atoms with Crippen LogP contribution in [0.4, 0.5) is 14.5 Å². The van der Waals surface area contributed by atoms with Crippen molar-refractivity contribution in [2.45, 2.75) is 44.0 Å². The smallest absolute Gasteiger partial charge is 0.137 e. The summed E-state index contributed by atoms with van der Waals surface area (Å²) in [6, 6.07) is 13.0. The molecule has 6 nitrogen and oxygen atoms in total. The van der Waals surface area contributed by atoms with Gasteiger partial charge in [-0.05, 0) is 38.0 Å². The van der Waals surface area contributed by atoms with Crippen LogP contribution in [-0.2, 0) is 12.1 Å². The highest BCUT2D eigenvalue weighted by atomic mass is 19.1. The number of hydrogen-bond acceptors (Lipinski definition) is 5. The van der Waals surface area contributed by atoms with Gasteiger partial charge in [0, 0.05) is 42.5 Å². The van der Waals surface area contributed by atoms with E-state index in [2.05, 4.69) is 32.4 Å². The van der Waals surface area contributed by atoms with Gasteiger partial charge >= 0.3 is 0 Å². The van der Waals surface area contributed by atoms with E-state index < -0.39 is 23.3 Å². The summed E-state index contributed by atoms with van der Waals surface area (Å²) in [6.07, 6.45) is 4.78. The van der Waals surface area contributed by atoms with Crippen LogP contribution in [0.25, 0.3) is 0 Å². The van der Waals surface area contributed by atoms with E-state index in [0.29, 0.717) is 0 Å². The molecule has 1 unspecified atom stereocenters. The maximum Gasteiger partial charge on any atom is 0.137 e. The number of nitrogens with zero attached hydrogens (tertiary/aromatic N) is 4. The average molecular weight is 427 g/mol. The molecule has 3 aromatic rings. The summed E-state index contributed by atoms with van der Waals surface area (Å²) in [5.41, 5.74) is -0.468. The lowest BCUT2D eigenvalue weighted by Crippen LogP contribution is -2.56. The monoisotopic (exact) mass is 427 g/mol. The Labute approximate surface area is 180 Å². The molecule has 8 heteroatoms. The number of hydrogen-bond donors (Lipinski definition) is 2. The maximum atomic E-state index is 14.7. The number of aliphatic hydroxyl groups is 1. The Bertz CT molecular complexity index is 985. The Morgan fingerprint density at radius 3 is 2.74 bits per heavy atom. The molecule has 0 aliphatic carbocycles. The first-order valence-electron chi connectivity index (χ1n) is 10.5. The summed E-state index contributed by atoms with van der Waals surface area (Å²) < 4.78 is 29.7. The van der Waals surface area contributed by atoms with Crippen molar-refractivity contribution in [1.82, 2.24) is 20.1 Å². The Morgan fingerprint density at radius 1 is 1.23 bits per heavy atom. The molecule has 4 rings (SSSR count). The van der Waals surface area contributed by atoms with Crippen LogP contribution in [-0.4, -0.2) is 45.0 Å². The normalized spacial score (nSPS) is 19.7. The van der Waals surface area contributed by atoms with Gasteiger partial charge in [-0.1, -0.05) is 24.3 Å². The molecule has 0 radical (unpaired) electrons. The summed E-state index contributed by atoms with van der Waals surface area (Å²) in [5.74, 6) is -1.47. The Kier molecular flexibility index (Phi) is 6.29. The molecule has 1 fully saturated rings. The fraction of sp³-hybridized carbons (Fsp3) is 0.391. The molecule has 0 saturated carbocycles. The Balaban J connectivity index is 1.56. The predicted octanol–water partition coefficient (Wildman–Crippen LogP) is 3.09. The van der Waals surface area contributed by atoms with Crippen LogP contribution in [0.3, 0.4) is 0 Å². The van der Waals surface area contributed by atoms with Gasteiger partial charge in [0.15, 0.2) is 0 Å². The molecule has 1 aliphatic heterocycles. The third kappa shape index (κ3) is 4.75. The number of aromatic nitrogens is 3. The van der Waals surface area contributed by atoms with E-state index in [0.717, 1.165) is 43.8 Å². The van der Waals surface area contributed by atoms with Gasteiger partial charge in [0.25, 0.3) is 0 Å². The number of para-hydroxylation sites is 1. The third-order valence-electron chi connectivity index (χ3n) is 6.01. The summed E-state index contributed by atoms with van der Waals surface area (Å²) in [7, 11) is 0. The van der Waals surface area contributed by atoms with Crippen molar-refractivity contribution >= 4 is 5.69 Å². The van der Waals surface area contributed by atoms with Crippen molar-refractivity contribution in [2.75, 3.05) is 18.0 Å². The lowest BCUT2D eigenvalue weighted by atomic mass is 9.85. The number of benzene rings is 2. The number of rotatable bonds is 7. The second kappa shape index (κ2) is 9.11. The van der Waals surface area contributed by atoms with E-state index in [-0.39, 0.29) is 18.2 Å². The summed E-state index contributed by atoms with van der Waals surface area (Å²) in [6.45, 7) is 3.55. The third-order valence-corrected chi connectivity index (χ3v) is 6.01. The van der Waals surface area contributed by atoms with Crippen molar-refractivity contribution in [3.63, 3.8) is 0 Å². The van der Waals surface area contributed by atoms with Gasteiger partial charge in [0.1, 0.15) is 29.9 Å². The first kappa shape index (κ1) is 21.4. The molecular weight excluding hydrogens is 400 g/mol. The topological polar surface area (TPSA) is 66.2 Å². The molecule has 0 spiro atoms. The molecule has 1 aromatic heterocycles. The highest BCUT2D eigenvalue weighted by molar-refractivity contribution is 5.46. The minimum atomic E-state index is -1.65. The van der Waals surface area contributed by atoms with Crippen molar-refractivity contribution in [2.24, 2.45) is 0 Å². The van der Waals surface area contributed by atoms with Gasteiger partial charge in [-0.25, -0.2) is 18.4 Å². The van der Waals surface area contributed by atoms with Crippen LogP contribution in [0, 0.1) is 11.6 Å². The molecule has 2 N–H and O–H groups in total. The second-order valence-corrected chi connectivity index (χ2v) is 8.15.